The van der Waals surface area contributed by atoms with Crippen LogP contribution in [0.2, 0.25) is 0 Å². The van der Waals surface area contributed by atoms with E-state index in [2.05, 4.69) is 15.2 Å². The number of halogens is 3. The lowest BCUT2D eigenvalue weighted by atomic mass is 9.95. The van der Waals surface area contributed by atoms with E-state index in [9.17, 15) is 18.0 Å². The first-order chi connectivity index (χ1) is 12.8. The molecule has 4 rings (SSSR count). The topological polar surface area (TPSA) is 92.6 Å². The van der Waals surface area contributed by atoms with Crippen molar-refractivity contribution < 1.29 is 22.7 Å². The molecule has 0 aromatic heterocycles. The van der Waals surface area contributed by atoms with Gasteiger partial charge in [0.2, 0.25) is 0 Å². The molecule has 0 aliphatic carbocycles. The highest BCUT2D eigenvalue weighted by Crippen LogP contribution is 2.52. The van der Waals surface area contributed by atoms with Gasteiger partial charge in [-0.05, 0) is 5.56 Å². The van der Waals surface area contributed by atoms with E-state index in [1.807, 2.05) is 0 Å². The summed E-state index contributed by atoms with van der Waals surface area (Å²) in [7, 11) is 0. The first kappa shape index (κ1) is 17.0. The fraction of sp³-hybridized carbons (Fsp3) is 0.176. The van der Waals surface area contributed by atoms with Crippen LogP contribution in [-0.4, -0.2) is 22.7 Å². The number of nitrogens with zero attached hydrogens (tertiary/aromatic N) is 4. The number of amides is 1. The summed E-state index contributed by atoms with van der Waals surface area (Å²) in [6.07, 6.45) is 1.55. The minimum atomic E-state index is -4.60. The zero-order valence-electron chi connectivity index (χ0n) is 13.6. The van der Waals surface area contributed by atoms with E-state index >= 15 is 0 Å². The van der Waals surface area contributed by atoms with Gasteiger partial charge in [-0.3, -0.25) is 4.79 Å². The number of primary amides is 1. The lowest BCUT2D eigenvalue weighted by molar-refractivity contribution is -0.166. The second-order valence-electron chi connectivity index (χ2n) is 6.03. The van der Waals surface area contributed by atoms with Gasteiger partial charge in [0.1, 0.15) is 18.2 Å². The number of nitrogens with two attached hydrogens (primary N) is 1. The average Bonchev–Trinajstić information content (AvgIpc) is 3.43. The Kier molecular flexibility index (Phi) is 3.65. The van der Waals surface area contributed by atoms with Crippen LogP contribution in [-0.2, 0) is 21.6 Å². The highest BCUT2D eigenvalue weighted by atomic mass is 19.4. The van der Waals surface area contributed by atoms with Gasteiger partial charge in [0.05, 0.1) is 0 Å². The molecule has 1 aromatic rings. The number of ether oxygens (including phenoxy) is 1. The quantitative estimate of drug-likeness (QED) is 0.877. The molecular formula is C17H12F3N5O2. The molecule has 1 amide bonds. The maximum atomic E-state index is 13.2. The third kappa shape index (κ3) is 2.88. The smallest absolute Gasteiger partial charge is 0.442 e. The van der Waals surface area contributed by atoms with Crippen LogP contribution in [0.4, 0.5) is 13.2 Å². The summed E-state index contributed by atoms with van der Waals surface area (Å²) in [6.45, 7) is 0. The molecule has 27 heavy (non-hydrogen) atoms. The number of carbonyl (C=O) groups is 1. The minimum Gasteiger partial charge on any atom is -0.467 e. The Morgan fingerprint density at radius 2 is 2.07 bits per heavy atom. The lowest BCUT2D eigenvalue weighted by Crippen LogP contribution is -2.32. The van der Waals surface area contributed by atoms with Crippen molar-refractivity contribution in [1.29, 1.82) is 0 Å². The molecule has 0 spiro atoms. The third-order valence-corrected chi connectivity index (χ3v) is 4.22. The van der Waals surface area contributed by atoms with Crippen molar-refractivity contribution in [2.75, 3.05) is 0 Å². The van der Waals surface area contributed by atoms with Crippen LogP contribution in [0.5, 0.6) is 0 Å². The number of carbonyl (C=O) groups excluding carboxylic acids is 1. The molecule has 2 N–H and O–H groups in total. The van der Waals surface area contributed by atoms with Gasteiger partial charge in [-0.15, -0.1) is 10.2 Å². The summed E-state index contributed by atoms with van der Waals surface area (Å²) in [4.78, 5) is 17.6. The van der Waals surface area contributed by atoms with Crippen molar-refractivity contribution >= 4 is 11.6 Å². The fourth-order valence-corrected chi connectivity index (χ4v) is 2.85. The zero-order valence-corrected chi connectivity index (χ0v) is 13.6. The monoisotopic (exact) mass is 375 g/mol. The highest BCUT2D eigenvalue weighted by molar-refractivity contribution is 6.45. The predicted octanol–water partition coefficient (Wildman–Crippen LogP) is 2.84. The van der Waals surface area contributed by atoms with E-state index in [0.717, 1.165) is 0 Å². The number of hydrogen-bond acceptors (Lipinski definition) is 6. The zero-order chi connectivity index (χ0) is 19.2. The van der Waals surface area contributed by atoms with E-state index in [-0.39, 0.29) is 17.7 Å². The van der Waals surface area contributed by atoms with Gasteiger partial charge in [0.25, 0.3) is 5.91 Å². The van der Waals surface area contributed by atoms with Gasteiger partial charge in [-0.1, -0.05) is 24.3 Å². The number of hydrogen-bond donors (Lipinski definition) is 1. The van der Waals surface area contributed by atoms with Crippen molar-refractivity contribution in [3.8, 4) is 0 Å². The maximum Gasteiger partial charge on any atom is 0.442 e. The fourth-order valence-electron chi connectivity index (χ4n) is 2.85. The van der Waals surface area contributed by atoms with E-state index in [1.54, 1.807) is 23.4 Å². The molecule has 10 heteroatoms. The maximum absolute atomic E-state index is 13.2. The Balaban J connectivity index is 1.65. The molecule has 0 fully saturated rings. The van der Waals surface area contributed by atoms with E-state index in [4.69, 9.17) is 10.5 Å². The Morgan fingerprint density at radius 1 is 1.30 bits per heavy atom. The predicted molar refractivity (Wildman–Crippen MR) is 87.6 cm³/mol. The van der Waals surface area contributed by atoms with Crippen molar-refractivity contribution in [3.05, 3.63) is 71.7 Å². The van der Waals surface area contributed by atoms with Crippen molar-refractivity contribution in [2.45, 2.75) is 18.3 Å². The number of alkyl halides is 3. The van der Waals surface area contributed by atoms with Gasteiger partial charge < -0.3 is 15.4 Å². The SMILES string of the molecule is NC(=O)C1=NC2=COC=CN2C=C1Cc1cccc(C2(C(F)(F)F)N=N2)c1. The van der Waals surface area contributed by atoms with Crippen LogP contribution in [0.3, 0.4) is 0 Å². The van der Waals surface area contributed by atoms with Gasteiger partial charge >= 0.3 is 11.8 Å². The molecule has 1 aromatic carbocycles. The van der Waals surface area contributed by atoms with Crippen LogP contribution in [0.25, 0.3) is 0 Å². The third-order valence-electron chi connectivity index (χ3n) is 4.22. The van der Waals surface area contributed by atoms with Gasteiger partial charge in [0.15, 0.2) is 5.82 Å². The molecule has 3 aliphatic rings. The summed E-state index contributed by atoms with van der Waals surface area (Å²) >= 11 is 0. The van der Waals surface area contributed by atoms with Crippen LogP contribution >= 0.6 is 0 Å². The molecule has 0 unspecified atom stereocenters. The molecule has 7 nitrogen and oxygen atoms in total. The van der Waals surface area contributed by atoms with Gasteiger partial charge in [-0.2, -0.15) is 13.2 Å². The Hall–Kier alpha value is -3.43. The van der Waals surface area contributed by atoms with E-state index < -0.39 is 17.7 Å². The largest absolute Gasteiger partial charge is 0.467 e. The molecule has 0 atom stereocenters. The average molecular weight is 375 g/mol. The molecule has 0 saturated heterocycles. The molecule has 0 bridgehead atoms. The summed E-state index contributed by atoms with van der Waals surface area (Å²) in [6, 6.07) is 5.83. The Bertz CT molecular complexity index is 969. The normalized spacial score (nSPS) is 19.5. The van der Waals surface area contributed by atoms with Crippen molar-refractivity contribution in [1.82, 2.24) is 4.90 Å². The van der Waals surface area contributed by atoms with E-state index in [0.29, 0.717) is 17.0 Å². The summed E-state index contributed by atoms with van der Waals surface area (Å²) in [5.41, 5.74) is 3.87. The standard InChI is InChI=1S/C17H12F3N5O2/c18-17(19,20)16(23-24-16)12-3-1-2-10(7-12)6-11-8-25-4-5-27-9-13(25)22-14(11)15(21)26/h1-5,7-9H,6H2,(H2,21,26). The number of rotatable bonds is 4. The van der Waals surface area contributed by atoms with E-state index in [1.165, 1.54) is 30.7 Å². The van der Waals surface area contributed by atoms with Crippen LogP contribution in [0.1, 0.15) is 11.1 Å². The Morgan fingerprint density at radius 3 is 2.74 bits per heavy atom. The molecule has 138 valence electrons. The molecule has 0 saturated carbocycles. The second-order valence-corrected chi connectivity index (χ2v) is 6.03. The second kappa shape index (κ2) is 5.79. The van der Waals surface area contributed by atoms with Gasteiger partial charge in [-0.25, -0.2) is 4.99 Å². The van der Waals surface area contributed by atoms with Gasteiger partial charge in [0, 0.05) is 30.0 Å². The molecule has 3 aliphatic heterocycles. The van der Waals surface area contributed by atoms with Crippen molar-refractivity contribution in [2.24, 2.45) is 21.0 Å². The number of aliphatic imine (C=N–C) groups is 1. The lowest BCUT2D eigenvalue weighted by Gasteiger charge is -2.25. The molecular weight excluding hydrogens is 363 g/mol. The first-order valence-corrected chi connectivity index (χ1v) is 7.80. The summed E-state index contributed by atoms with van der Waals surface area (Å²) < 4.78 is 44.7. The molecule has 0 radical (unpaired) electrons. The minimum absolute atomic E-state index is 0.0214. The summed E-state index contributed by atoms with van der Waals surface area (Å²) in [5, 5.41) is 6.42. The number of benzene rings is 1. The number of fused-ring (bicyclic) bond motifs is 1. The first-order valence-electron chi connectivity index (χ1n) is 7.80. The molecule has 3 heterocycles. The Labute approximate surface area is 151 Å². The summed E-state index contributed by atoms with van der Waals surface area (Å²) in [5.74, 6) is -0.373. The van der Waals surface area contributed by atoms with Crippen LogP contribution in [0.15, 0.2) is 75.8 Å². The highest BCUT2D eigenvalue weighted by Gasteiger charge is 2.65. The van der Waals surface area contributed by atoms with Crippen LogP contribution < -0.4 is 5.73 Å². The van der Waals surface area contributed by atoms with Crippen LogP contribution in [0, 0.1) is 0 Å². The van der Waals surface area contributed by atoms with Crippen molar-refractivity contribution in [3.63, 3.8) is 0 Å².